The van der Waals surface area contributed by atoms with Crippen LogP contribution in [0, 0.1) is 0 Å². The van der Waals surface area contributed by atoms with E-state index in [1.165, 1.54) is 16.7 Å². The maximum Gasteiger partial charge on any atom is 0.226 e. The Morgan fingerprint density at radius 1 is 1.06 bits per heavy atom. The van der Waals surface area contributed by atoms with E-state index in [-0.39, 0.29) is 11.9 Å². The van der Waals surface area contributed by atoms with E-state index in [2.05, 4.69) is 33.0 Å². The second-order valence-corrected chi connectivity index (χ2v) is 9.67. The number of para-hydroxylation sites is 1. The van der Waals surface area contributed by atoms with E-state index in [1.807, 2.05) is 30.0 Å². The summed E-state index contributed by atoms with van der Waals surface area (Å²) in [5.74, 6) is 2.35. The van der Waals surface area contributed by atoms with E-state index in [9.17, 15) is 4.79 Å². The molecule has 3 aliphatic rings. The van der Waals surface area contributed by atoms with Gasteiger partial charge in [-0.2, -0.15) is 0 Å². The van der Waals surface area contributed by atoms with Gasteiger partial charge in [-0.25, -0.2) is 0 Å². The first kappa shape index (κ1) is 21.8. The molecule has 32 heavy (non-hydrogen) atoms. The molecule has 0 radical (unpaired) electrons. The highest BCUT2D eigenvalue weighted by Gasteiger charge is 2.32. The molecular formula is C26H31BrN2O3. The molecule has 3 aliphatic heterocycles. The summed E-state index contributed by atoms with van der Waals surface area (Å²) in [6, 6.07) is 10.4. The first-order valence-corrected chi connectivity index (χ1v) is 12.7. The van der Waals surface area contributed by atoms with Crippen LogP contribution in [0.1, 0.15) is 42.9 Å². The third-order valence-electron chi connectivity index (χ3n) is 7.05. The average Bonchev–Trinajstić information content (AvgIpc) is 3.51. The number of ether oxygens (including phenoxy) is 2. The van der Waals surface area contributed by atoms with Crippen LogP contribution >= 0.6 is 15.9 Å². The van der Waals surface area contributed by atoms with E-state index in [0.717, 1.165) is 86.6 Å². The third-order valence-corrected chi connectivity index (χ3v) is 7.89. The van der Waals surface area contributed by atoms with Crippen molar-refractivity contribution in [3.8, 4) is 11.5 Å². The number of hydrogen-bond donors (Lipinski definition) is 0. The number of hydrogen-bond acceptors (Lipinski definition) is 4. The molecule has 170 valence electrons. The number of fused-ring (bicyclic) bond motifs is 2. The smallest absolute Gasteiger partial charge is 0.226 e. The van der Waals surface area contributed by atoms with Crippen LogP contribution in [-0.2, 0) is 24.1 Å². The fourth-order valence-corrected chi connectivity index (χ4v) is 6.13. The average molecular weight is 499 g/mol. The van der Waals surface area contributed by atoms with Gasteiger partial charge in [-0.05, 0) is 47.3 Å². The summed E-state index contributed by atoms with van der Waals surface area (Å²) in [6.45, 7) is 6.52. The van der Waals surface area contributed by atoms with Gasteiger partial charge in [0.1, 0.15) is 11.5 Å². The predicted molar refractivity (Wildman–Crippen MR) is 130 cm³/mol. The zero-order valence-electron chi connectivity index (χ0n) is 18.7. The summed E-state index contributed by atoms with van der Waals surface area (Å²) in [7, 11) is 0. The molecule has 2 aromatic carbocycles. The van der Waals surface area contributed by atoms with Crippen molar-refractivity contribution in [2.45, 2.75) is 51.5 Å². The van der Waals surface area contributed by atoms with E-state index in [0.29, 0.717) is 6.42 Å². The Kier molecular flexibility index (Phi) is 6.42. The number of carbonyl (C=O) groups excluding carboxylic acids is 1. The largest absolute Gasteiger partial charge is 0.493 e. The topological polar surface area (TPSA) is 42.0 Å². The van der Waals surface area contributed by atoms with E-state index in [1.54, 1.807) is 0 Å². The number of piperidine rings is 1. The van der Waals surface area contributed by atoms with E-state index >= 15 is 0 Å². The number of rotatable bonds is 6. The number of anilines is 1. The number of nitrogens with zero attached hydrogens (tertiary/aromatic N) is 2. The Morgan fingerprint density at radius 3 is 2.47 bits per heavy atom. The molecule has 0 spiro atoms. The predicted octanol–water partition coefficient (Wildman–Crippen LogP) is 4.77. The Balaban J connectivity index is 1.25. The van der Waals surface area contributed by atoms with Gasteiger partial charge in [-0.1, -0.05) is 25.1 Å². The molecule has 0 aliphatic carbocycles. The molecule has 1 saturated heterocycles. The van der Waals surface area contributed by atoms with Crippen LogP contribution in [0.2, 0.25) is 0 Å². The molecule has 0 aromatic heterocycles. The molecule has 5 rings (SSSR count). The van der Waals surface area contributed by atoms with Gasteiger partial charge >= 0.3 is 0 Å². The molecule has 0 atom stereocenters. The van der Waals surface area contributed by atoms with Crippen molar-refractivity contribution in [2.24, 2.45) is 0 Å². The number of likely N-dealkylation sites (tertiary alicyclic amines) is 1. The van der Waals surface area contributed by atoms with Gasteiger partial charge < -0.3 is 19.3 Å². The van der Waals surface area contributed by atoms with Gasteiger partial charge in [0.2, 0.25) is 5.91 Å². The first-order chi connectivity index (χ1) is 15.7. The molecule has 1 amide bonds. The zero-order valence-corrected chi connectivity index (χ0v) is 20.3. The van der Waals surface area contributed by atoms with Crippen LogP contribution in [0.4, 0.5) is 5.69 Å². The summed E-state index contributed by atoms with van der Waals surface area (Å²) in [4.78, 5) is 17.3. The summed E-state index contributed by atoms with van der Waals surface area (Å²) in [5.41, 5.74) is 4.98. The summed E-state index contributed by atoms with van der Waals surface area (Å²) < 4.78 is 13.1. The number of amides is 1. The standard InChI is InChI=1S/C26H31BrN2O3/c1-2-23(30)29(18-6-4-3-5-7-18)19-8-13-28(14-9-19)15-10-20-21-11-16-32-26(21)24(27)22-12-17-31-25(20)22/h3-7,19H,2,8-17H2,1H3. The lowest BCUT2D eigenvalue weighted by Gasteiger charge is -2.38. The molecular weight excluding hydrogens is 468 g/mol. The van der Waals surface area contributed by atoms with Crippen LogP contribution < -0.4 is 14.4 Å². The van der Waals surface area contributed by atoms with Gasteiger partial charge in [0.15, 0.2) is 0 Å². The van der Waals surface area contributed by atoms with Crippen LogP contribution in [0.5, 0.6) is 11.5 Å². The van der Waals surface area contributed by atoms with Gasteiger partial charge in [0.25, 0.3) is 0 Å². The lowest BCUT2D eigenvalue weighted by molar-refractivity contribution is -0.119. The molecule has 0 bridgehead atoms. The van der Waals surface area contributed by atoms with Crippen molar-refractivity contribution in [1.82, 2.24) is 4.90 Å². The lowest BCUT2D eigenvalue weighted by atomic mass is 9.96. The zero-order chi connectivity index (χ0) is 22.1. The van der Waals surface area contributed by atoms with Crippen molar-refractivity contribution in [1.29, 1.82) is 0 Å². The maximum atomic E-state index is 12.7. The highest BCUT2D eigenvalue weighted by atomic mass is 79.9. The van der Waals surface area contributed by atoms with Gasteiger partial charge in [0.05, 0.1) is 17.7 Å². The molecule has 2 aromatic rings. The number of halogens is 1. The van der Waals surface area contributed by atoms with Crippen molar-refractivity contribution in [3.63, 3.8) is 0 Å². The monoisotopic (exact) mass is 498 g/mol. The summed E-state index contributed by atoms with van der Waals surface area (Å²) in [6.07, 6.45) is 5.46. The summed E-state index contributed by atoms with van der Waals surface area (Å²) >= 11 is 3.75. The maximum absolute atomic E-state index is 12.7. The highest BCUT2D eigenvalue weighted by Crippen LogP contribution is 2.47. The molecule has 0 saturated carbocycles. The lowest BCUT2D eigenvalue weighted by Crippen LogP contribution is -2.47. The Labute approximate surface area is 198 Å². The Morgan fingerprint density at radius 2 is 1.75 bits per heavy atom. The highest BCUT2D eigenvalue weighted by molar-refractivity contribution is 9.10. The molecule has 5 nitrogen and oxygen atoms in total. The molecule has 6 heteroatoms. The van der Waals surface area contributed by atoms with E-state index in [4.69, 9.17) is 9.47 Å². The molecule has 1 fully saturated rings. The second kappa shape index (κ2) is 9.44. The number of benzene rings is 2. The van der Waals surface area contributed by atoms with Gasteiger partial charge in [-0.3, -0.25) is 4.79 Å². The second-order valence-electron chi connectivity index (χ2n) is 8.88. The molecule has 0 N–H and O–H groups in total. The van der Waals surface area contributed by atoms with E-state index < -0.39 is 0 Å². The van der Waals surface area contributed by atoms with Crippen LogP contribution in [0.25, 0.3) is 0 Å². The SMILES string of the molecule is CCC(=O)N(c1ccccc1)C1CCN(CCc2c3c(c(Br)c4c2OCC4)OCC3)CC1. The Hall–Kier alpha value is -2.05. The van der Waals surface area contributed by atoms with Crippen molar-refractivity contribution in [2.75, 3.05) is 37.7 Å². The first-order valence-electron chi connectivity index (χ1n) is 11.9. The van der Waals surface area contributed by atoms with Crippen LogP contribution in [0.3, 0.4) is 0 Å². The molecule has 3 heterocycles. The molecule has 0 unspecified atom stereocenters. The van der Waals surface area contributed by atoms with Crippen molar-refractivity contribution < 1.29 is 14.3 Å². The van der Waals surface area contributed by atoms with Crippen LogP contribution in [-0.4, -0.2) is 49.7 Å². The summed E-state index contributed by atoms with van der Waals surface area (Å²) in [5, 5.41) is 0. The van der Waals surface area contributed by atoms with Crippen molar-refractivity contribution in [3.05, 3.63) is 51.5 Å². The minimum Gasteiger partial charge on any atom is -0.493 e. The van der Waals surface area contributed by atoms with Gasteiger partial charge in [-0.15, -0.1) is 0 Å². The van der Waals surface area contributed by atoms with Crippen LogP contribution in [0.15, 0.2) is 34.8 Å². The minimum atomic E-state index is 0.216. The van der Waals surface area contributed by atoms with Gasteiger partial charge in [0, 0.05) is 67.3 Å². The Bertz CT molecular complexity index is 951. The number of carbonyl (C=O) groups is 1. The normalized spacial score (nSPS) is 18.1. The quantitative estimate of drug-likeness (QED) is 0.575. The minimum absolute atomic E-state index is 0.216. The third kappa shape index (κ3) is 4.03. The van der Waals surface area contributed by atoms with Crippen molar-refractivity contribution >= 4 is 27.5 Å². The fourth-order valence-electron chi connectivity index (χ4n) is 5.40. The fraction of sp³-hybridized carbons (Fsp3) is 0.500.